The molecule has 1 atom stereocenters. The zero-order valence-electron chi connectivity index (χ0n) is 12.1. The molecule has 2 heterocycles. The topological polar surface area (TPSA) is 56.9 Å². The lowest BCUT2D eigenvalue weighted by molar-refractivity contribution is 0.399. The van der Waals surface area contributed by atoms with E-state index in [9.17, 15) is 0 Å². The molecule has 19 heavy (non-hydrogen) atoms. The van der Waals surface area contributed by atoms with Crippen LogP contribution in [0.5, 0.6) is 5.75 Å². The summed E-state index contributed by atoms with van der Waals surface area (Å²) in [4.78, 5) is 0. The molecule has 6 nitrogen and oxygen atoms in total. The molecule has 2 rings (SSSR count). The lowest BCUT2D eigenvalue weighted by Gasteiger charge is -2.19. The number of aromatic nitrogens is 4. The first kappa shape index (κ1) is 13.6. The van der Waals surface area contributed by atoms with Crippen LogP contribution < -0.4 is 10.1 Å². The number of hydrogen-bond donors (Lipinski definition) is 1. The highest BCUT2D eigenvalue weighted by Crippen LogP contribution is 2.29. The molecule has 0 aliphatic rings. The Kier molecular flexibility index (Phi) is 3.90. The standard InChI is InChI=1S/C13H21N5O/c1-6-18-13(11(19-5)8-15-18)12(14-3)10-7-9(2)16-17(10)4/h7-8,12,14H,6H2,1-5H3. The van der Waals surface area contributed by atoms with Gasteiger partial charge in [0.25, 0.3) is 0 Å². The minimum atomic E-state index is 0.00333. The van der Waals surface area contributed by atoms with E-state index in [1.807, 2.05) is 30.4 Å². The van der Waals surface area contributed by atoms with Crippen LogP contribution in [0.3, 0.4) is 0 Å². The fraction of sp³-hybridized carbons (Fsp3) is 0.538. The maximum atomic E-state index is 5.43. The Morgan fingerprint density at radius 3 is 2.68 bits per heavy atom. The Morgan fingerprint density at radius 1 is 1.47 bits per heavy atom. The Hall–Kier alpha value is -1.82. The van der Waals surface area contributed by atoms with Gasteiger partial charge in [-0.05, 0) is 27.0 Å². The van der Waals surface area contributed by atoms with Crippen molar-refractivity contribution in [1.29, 1.82) is 0 Å². The molecule has 0 radical (unpaired) electrons. The Labute approximate surface area is 113 Å². The van der Waals surface area contributed by atoms with E-state index in [0.29, 0.717) is 0 Å². The van der Waals surface area contributed by atoms with E-state index in [0.717, 1.165) is 29.4 Å². The Morgan fingerprint density at radius 2 is 2.21 bits per heavy atom. The summed E-state index contributed by atoms with van der Waals surface area (Å²) in [6.45, 7) is 4.86. The molecule has 2 aromatic rings. The fourth-order valence-corrected chi connectivity index (χ4v) is 2.40. The smallest absolute Gasteiger partial charge is 0.161 e. The summed E-state index contributed by atoms with van der Waals surface area (Å²) in [5, 5.41) is 12.1. The summed E-state index contributed by atoms with van der Waals surface area (Å²) >= 11 is 0. The van der Waals surface area contributed by atoms with Crippen molar-refractivity contribution >= 4 is 0 Å². The van der Waals surface area contributed by atoms with Gasteiger partial charge in [-0.15, -0.1) is 0 Å². The first-order chi connectivity index (χ1) is 9.12. The van der Waals surface area contributed by atoms with Crippen molar-refractivity contribution in [1.82, 2.24) is 24.9 Å². The zero-order valence-corrected chi connectivity index (χ0v) is 12.1. The average molecular weight is 263 g/mol. The number of rotatable bonds is 5. The molecule has 0 bridgehead atoms. The second-order valence-corrected chi connectivity index (χ2v) is 4.47. The van der Waals surface area contributed by atoms with E-state index in [2.05, 4.69) is 28.5 Å². The SMILES string of the molecule is CCn1ncc(OC)c1C(NC)c1cc(C)nn1C. The minimum absolute atomic E-state index is 0.00333. The molecule has 0 aliphatic heterocycles. The van der Waals surface area contributed by atoms with Gasteiger partial charge in [-0.2, -0.15) is 10.2 Å². The summed E-state index contributed by atoms with van der Waals surface area (Å²) in [5.74, 6) is 0.792. The number of nitrogens with one attached hydrogen (secondary N) is 1. The van der Waals surface area contributed by atoms with Crippen LogP contribution in [0, 0.1) is 6.92 Å². The van der Waals surface area contributed by atoms with Gasteiger partial charge in [0, 0.05) is 13.6 Å². The number of nitrogens with zero attached hydrogens (tertiary/aromatic N) is 4. The molecule has 6 heteroatoms. The number of ether oxygens (including phenoxy) is 1. The highest BCUT2D eigenvalue weighted by molar-refractivity contribution is 5.34. The van der Waals surface area contributed by atoms with Gasteiger partial charge in [0.2, 0.25) is 0 Å². The van der Waals surface area contributed by atoms with Crippen LogP contribution in [0.25, 0.3) is 0 Å². The Bertz CT molecular complexity index is 536. The van der Waals surface area contributed by atoms with Crippen molar-refractivity contribution < 1.29 is 4.74 Å². The van der Waals surface area contributed by atoms with E-state index in [1.54, 1.807) is 13.3 Å². The molecule has 0 fully saturated rings. The Balaban J connectivity index is 2.53. The predicted octanol–water partition coefficient (Wildman–Crippen LogP) is 1.26. The lowest BCUT2D eigenvalue weighted by Crippen LogP contribution is -2.24. The highest BCUT2D eigenvalue weighted by Gasteiger charge is 2.24. The third kappa shape index (κ3) is 2.35. The van der Waals surface area contributed by atoms with Crippen LogP contribution in [0.2, 0.25) is 0 Å². The molecule has 1 N–H and O–H groups in total. The third-order valence-electron chi connectivity index (χ3n) is 3.26. The first-order valence-electron chi connectivity index (χ1n) is 6.39. The van der Waals surface area contributed by atoms with Crippen LogP contribution in [-0.2, 0) is 13.6 Å². The summed E-state index contributed by atoms with van der Waals surface area (Å²) in [6.07, 6.45) is 1.76. The van der Waals surface area contributed by atoms with Crippen LogP contribution >= 0.6 is 0 Å². The van der Waals surface area contributed by atoms with Crippen LogP contribution in [0.4, 0.5) is 0 Å². The lowest BCUT2D eigenvalue weighted by atomic mass is 10.1. The normalized spacial score (nSPS) is 12.7. The zero-order chi connectivity index (χ0) is 14.0. The van der Waals surface area contributed by atoms with Crippen molar-refractivity contribution in [2.75, 3.05) is 14.2 Å². The van der Waals surface area contributed by atoms with Crippen molar-refractivity contribution in [3.63, 3.8) is 0 Å². The fourth-order valence-electron chi connectivity index (χ4n) is 2.40. The van der Waals surface area contributed by atoms with Gasteiger partial charge < -0.3 is 10.1 Å². The molecule has 0 saturated carbocycles. The molecule has 0 amide bonds. The van der Waals surface area contributed by atoms with Crippen molar-refractivity contribution in [3.8, 4) is 5.75 Å². The van der Waals surface area contributed by atoms with Crippen LogP contribution in [0.1, 0.15) is 30.0 Å². The maximum Gasteiger partial charge on any atom is 0.161 e. The van der Waals surface area contributed by atoms with Crippen LogP contribution in [0.15, 0.2) is 12.3 Å². The first-order valence-corrected chi connectivity index (χ1v) is 6.39. The van der Waals surface area contributed by atoms with Gasteiger partial charge >= 0.3 is 0 Å². The van der Waals surface area contributed by atoms with Crippen molar-refractivity contribution in [2.45, 2.75) is 26.4 Å². The predicted molar refractivity (Wildman–Crippen MR) is 73.3 cm³/mol. The van der Waals surface area contributed by atoms with E-state index in [-0.39, 0.29) is 6.04 Å². The number of hydrogen-bond acceptors (Lipinski definition) is 4. The minimum Gasteiger partial charge on any atom is -0.493 e. The quantitative estimate of drug-likeness (QED) is 0.882. The summed E-state index contributed by atoms with van der Waals surface area (Å²) in [5.41, 5.74) is 3.11. The number of methoxy groups -OCH3 is 1. The molecular weight excluding hydrogens is 242 g/mol. The summed E-state index contributed by atoms with van der Waals surface area (Å²) in [6, 6.07) is 2.08. The number of aryl methyl sites for hydroxylation is 3. The van der Waals surface area contributed by atoms with Gasteiger partial charge in [0.1, 0.15) is 5.69 Å². The van der Waals surface area contributed by atoms with Crippen molar-refractivity contribution in [3.05, 3.63) is 29.3 Å². The van der Waals surface area contributed by atoms with Crippen LogP contribution in [-0.4, -0.2) is 33.7 Å². The average Bonchev–Trinajstić information content (AvgIpc) is 2.94. The van der Waals surface area contributed by atoms with Gasteiger partial charge in [-0.1, -0.05) is 0 Å². The molecule has 0 spiro atoms. The molecule has 104 valence electrons. The second-order valence-electron chi connectivity index (χ2n) is 4.47. The molecule has 1 unspecified atom stereocenters. The summed E-state index contributed by atoms with van der Waals surface area (Å²) in [7, 11) is 5.55. The molecule has 0 saturated heterocycles. The largest absolute Gasteiger partial charge is 0.493 e. The molecule has 0 aliphatic carbocycles. The van der Waals surface area contributed by atoms with E-state index >= 15 is 0 Å². The molecule has 0 aromatic carbocycles. The third-order valence-corrected chi connectivity index (χ3v) is 3.26. The van der Waals surface area contributed by atoms with Gasteiger partial charge in [0.15, 0.2) is 5.75 Å². The second kappa shape index (κ2) is 5.44. The van der Waals surface area contributed by atoms with Crippen molar-refractivity contribution in [2.24, 2.45) is 7.05 Å². The maximum absolute atomic E-state index is 5.43. The highest BCUT2D eigenvalue weighted by atomic mass is 16.5. The van der Waals surface area contributed by atoms with Gasteiger partial charge in [-0.25, -0.2) is 0 Å². The van der Waals surface area contributed by atoms with E-state index < -0.39 is 0 Å². The molecular formula is C13H21N5O. The van der Waals surface area contributed by atoms with Gasteiger partial charge in [-0.3, -0.25) is 9.36 Å². The molecule has 2 aromatic heterocycles. The van der Waals surface area contributed by atoms with E-state index in [4.69, 9.17) is 4.74 Å². The van der Waals surface area contributed by atoms with E-state index in [1.165, 1.54) is 0 Å². The van der Waals surface area contributed by atoms with Gasteiger partial charge in [0.05, 0.1) is 30.7 Å². The summed E-state index contributed by atoms with van der Waals surface area (Å²) < 4.78 is 9.26. The monoisotopic (exact) mass is 263 g/mol.